The van der Waals surface area contributed by atoms with Gasteiger partial charge < -0.3 is 14.2 Å². The van der Waals surface area contributed by atoms with Crippen LogP contribution < -0.4 is 0 Å². The Bertz CT molecular complexity index is 1530. The largest absolute Gasteiger partial charge is 0.462 e. The van der Waals surface area contributed by atoms with E-state index in [9.17, 15) is 14.4 Å². The molecule has 1 unspecified atom stereocenters. The number of unbranched alkanes of at least 4 members (excludes halogenated alkanes) is 20. The first-order valence-electron chi connectivity index (χ1n) is 26.5. The minimum absolute atomic E-state index is 0.129. The van der Waals surface area contributed by atoms with E-state index in [4.69, 9.17) is 14.2 Å². The maximum absolute atomic E-state index is 12.8. The Morgan fingerprint density at radius 3 is 0.970 bits per heavy atom. The van der Waals surface area contributed by atoms with Gasteiger partial charge in [-0.2, -0.15) is 0 Å². The smallest absolute Gasteiger partial charge is 0.306 e. The van der Waals surface area contributed by atoms with E-state index in [2.05, 4.69) is 39.0 Å². The summed E-state index contributed by atoms with van der Waals surface area (Å²) < 4.78 is 16.7. The predicted octanol–water partition coefficient (Wildman–Crippen LogP) is 17.6. The van der Waals surface area contributed by atoms with Gasteiger partial charge in [-0.15, -0.1) is 0 Å². The van der Waals surface area contributed by atoms with Gasteiger partial charge in [0.1, 0.15) is 13.2 Å². The van der Waals surface area contributed by atoms with Gasteiger partial charge in [-0.3, -0.25) is 14.4 Å². The van der Waals surface area contributed by atoms with Crippen molar-refractivity contribution in [2.24, 2.45) is 0 Å². The number of hydrogen-bond donors (Lipinski definition) is 0. The molecule has 6 heteroatoms. The van der Waals surface area contributed by atoms with E-state index in [1.165, 1.54) is 89.9 Å². The highest BCUT2D eigenvalue weighted by Crippen LogP contribution is 2.15. The van der Waals surface area contributed by atoms with Crippen LogP contribution in [-0.4, -0.2) is 37.2 Å². The topological polar surface area (TPSA) is 78.9 Å². The normalized spacial score (nSPS) is 13.3. The zero-order valence-electron chi connectivity index (χ0n) is 42.6. The molecule has 1 atom stereocenters. The van der Waals surface area contributed by atoms with Gasteiger partial charge in [0.25, 0.3) is 0 Å². The van der Waals surface area contributed by atoms with Crippen molar-refractivity contribution < 1.29 is 28.6 Å². The van der Waals surface area contributed by atoms with Crippen LogP contribution in [0, 0.1) is 0 Å². The highest BCUT2D eigenvalue weighted by molar-refractivity contribution is 5.71. The lowest BCUT2D eigenvalue weighted by atomic mass is 10.0. The van der Waals surface area contributed by atoms with Crippen molar-refractivity contribution in [3.63, 3.8) is 0 Å². The quantitative estimate of drug-likeness (QED) is 0.0262. The van der Waals surface area contributed by atoms with Crippen molar-refractivity contribution in [3.05, 3.63) is 146 Å². The van der Waals surface area contributed by atoms with Crippen LogP contribution in [0.5, 0.6) is 0 Å². The first kappa shape index (κ1) is 62.3. The summed E-state index contributed by atoms with van der Waals surface area (Å²) in [6.45, 7) is 6.23. The molecule has 0 aromatic rings. The van der Waals surface area contributed by atoms with E-state index in [0.29, 0.717) is 19.3 Å². The molecule has 0 aliphatic heterocycles. The van der Waals surface area contributed by atoms with Gasteiger partial charge >= 0.3 is 17.9 Å². The van der Waals surface area contributed by atoms with Crippen LogP contribution in [0.3, 0.4) is 0 Å². The number of ether oxygens (including phenoxy) is 3. The lowest BCUT2D eigenvalue weighted by Crippen LogP contribution is -2.30. The fraction of sp³-hybridized carbons (Fsp3) is 0.557. The summed E-state index contributed by atoms with van der Waals surface area (Å²) in [5.74, 6) is -1.05. The second-order valence-electron chi connectivity index (χ2n) is 17.0. The van der Waals surface area contributed by atoms with Gasteiger partial charge in [0.05, 0.1) is 0 Å². The average molecular weight is 923 g/mol. The standard InChI is InChI=1S/C61H94O6/c1-4-7-10-13-16-19-22-25-27-29-30-32-33-36-39-42-45-48-51-54-60(63)66-57-58(56-65-59(62)53-50-47-44-41-38-35-24-21-18-15-12-9-6-3)67-61(64)55-52-49-46-43-40-37-34-31-28-26-23-20-17-14-11-8-5-2/h7,9-10,12-13,15-16,18-19,21-22,24-25,27,29-30,32-33,35-36,38-39,41,44,58H,4-6,8,11,14,17,20,23,26,28,31,34,37,40,42-43,45-57H2,1-3H3/b10-7-,12-9-,16-13-,18-15-,22-19-,24-21-,27-25-,30-29+,33-32-,38-35-,39-36-,44-41-. The van der Waals surface area contributed by atoms with E-state index in [0.717, 1.165) is 57.8 Å². The minimum atomic E-state index is -0.830. The molecule has 0 fully saturated rings. The average Bonchev–Trinajstić information content (AvgIpc) is 3.33. The molecular weight excluding hydrogens is 829 g/mol. The van der Waals surface area contributed by atoms with E-state index in [-0.39, 0.29) is 44.0 Å². The van der Waals surface area contributed by atoms with E-state index >= 15 is 0 Å². The second kappa shape index (κ2) is 53.9. The van der Waals surface area contributed by atoms with E-state index in [1.807, 2.05) is 128 Å². The molecule has 0 saturated carbocycles. The van der Waals surface area contributed by atoms with E-state index in [1.54, 1.807) is 0 Å². The van der Waals surface area contributed by atoms with Gasteiger partial charge in [-0.05, 0) is 51.4 Å². The minimum Gasteiger partial charge on any atom is -0.462 e. The van der Waals surface area contributed by atoms with Gasteiger partial charge in [0.2, 0.25) is 0 Å². The van der Waals surface area contributed by atoms with Crippen molar-refractivity contribution >= 4 is 17.9 Å². The predicted molar refractivity (Wildman–Crippen MR) is 288 cm³/mol. The van der Waals surface area contributed by atoms with Crippen molar-refractivity contribution in [2.75, 3.05) is 13.2 Å². The molecule has 0 spiro atoms. The molecule has 6 nitrogen and oxygen atoms in total. The Labute approximate surface area is 410 Å². The Hall–Kier alpha value is -4.71. The molecule has 374 valence electrons. The molecular formula is C61H94O6. The van der Waals surface area contributed by atoms with Gasteiger partial charge in [-0.25, -0.2) is 0 Å². The van der Waals surface area contributed by atoms with Crippen molar-refractivity contribution in [2.45, 2.75) is 207 Å². The first-order valence-corrected chi connectivity index (χ1v) is 26.5. The Morgan fingerprint density at radius 2 is 0.597 bits per heavy atom. The molecule has 0 bridgehead atoms. The molecule has 0 heterocycles. The molecule has 67 heavy (non-hydrogen) atoms. The number of carbonyl (C=O) groups excluding carboxylic acids is 3. The maximum Gasteiger partial charge on any atom is 0.306 e. The zero-order valence-corrected chi connectivity index (χ0v) is 42.6. The van der Waals surface area contributed by atoms with Crippen LogP contribution in [-0.2, 0) is 28.6 Å². The van der Waals surface area contributed by atoms with Gasteiger partial charge in [0.15, 0.2) is 6.10 Å². The van der Waals surface area contributed by atoms with Crippen molar-refractivity contribution in [1.29, 1.82) is 0 Å². The van der Waals surface area contributed by atoms with Crippen LogP contribution in [0.2, 0.25) is 0 Å². The van der Waals surface area contributed by atoms with Crippen LogP contribution in [0.1, 0.15) is 201 Å². The third kappa shape index (κ3) is 52.1. The monoisotopic (exact) mass is 923 g/mol. The molecule has 0 saturated heterocycles. The molecule has 0 rings (SSSR count). The molecule has 0 N–H and O–H groups in total. The molecule has 0 aromatic carbocycles. The summed E-state index contributed by atoms with van der Waals surface area (Å²) in [4.78, 5) is 38.0. The lowest BCUT2D eigenvalue weighted by molar-refractivity contribution is -0.167. The Balaban J connectivity index is 4.58. The molecule has 0 aromatic heterocycles. The number of esters is 3. The highest BCUT2D eigenvalue weighted by Gasteiger charge is 2.19. The molecule has 0 aliphatic rings. The first-order chi connectivity index (χ1) is 33.0. The number of carbonyl (C=O) groups is 3. The Kier molecular flexibility index (Phi) is 50.1. The summed E-state index contributed by atoms with van der Waals surface area (Å²) in [6.07, 6.45) is 76.9. The fourth-order valence-corrected chi connectivity index (χ4v) is 6.75. The number of allylic oxidation sites excluding steroid dienone is 24. The summed E-state index contributed by atoms with van der Waals surface area (Å²) in [7, 11) is 0. The SMILES string of the molecule is CC\C=C/C=C\C=C/C=C\C=C/CCCC(=O)OCC(COC(=O)CCCCC\C=C/C=C\C=C\C=C/C=C\C=C/C=C\CC)OC(=O)CCCCCCCCCCCCCCCCCCC. The summed E-state index contributed by atoms with van der Waals surface area (Å²) in [6, 6.07) is 0. The number of hydrogen-bond acceptors (Lipinski definition) is 6. The summed E-state index contributed by atoms with van der Waals surface area (Å²) >= 11 is 0. The van der Waals surface area contributed by atoms with E-state index < -0.39 is 6.10 Å². The van der Waals surface area contributed by atoms with Crippen LogP contribution >= 0.6 is 0 Å². The third-order valence-electron chi connectivity index (χ3n) is 10.7. The number of rotatable bonds is 45. The van der Waals surface area contributed by atoms with Crippen LogP contribution in [0.4, 0.5) is 0 Å². The molecule has 0 aliphatic carbocycles. The van der Waals surface area contributed by atoms with Crippen molar-refractivity contribution in [1.82, 2.24) is 0 Å². The molecule has 0 radical (unpaired) electrons. The maximum atomic E-state index is 12.8. The second-order valence-corrected chi connectivity index (χ2v) is 17.0. The van der Waals surface area contributed by atoms with Crippen LogP contribution in [0.15, 0.2) is 146 Å². The Morgan fingerprint density at radius 1 is 0.313 bits per heavy atom. The fourth-order valence-electron chi connectivity index (χ4n) is 6.75. The highest BCUT2D eigenvalue weighted by atomic mass is 16.6. The molecule has 0 amide bonds. The van der Waals surface area contributed by atoms with Gasteiger partial charge in [-0.1, -0.05) is 276 Å². The zero-order chi connectivity index (χ0) is 48.6. The van der Waals surface area contributed by atoms with Crippen LogP contribution in [0.25, 0.3) is 0 Å². The summed E-state index contributed by atoms with van der Waals surface area (Å²) in [5.41, 5.74) is 0. The van der Waals surface area contributed by atoms with Crippen molar-refractivity contribution in [3.8, 4) is 0 Å². The lowest BCUT2D eigenvalue weighted by Gasteiger charge is -2.18. The summed E-state index contributed by atoms with van der Waals surface area (Å²) in [5, 5.41) is 0. The van der Waals surface area contributed by atoms with Gasteiger partial charge in [0, 0.05) is 19.3 Å². The third-order valence-corrected chi connectivity index (χ3v) is 10.7.